The van der Waals surface area contributed by atoms with Gasteiger partial charge in [0.05, 0.1) is 6.20 Å². The van der Waals surface area contributed by atoms with Gasteiger partial charge in [0.25, 0.3) is 5.56 Å². The molecule has 0 saturated carbocycles. The first-order valence-electron chi connectivity index (χ1n) is 3.78. The molecule has 1 unspecified atom stereocenters. The van der Waals surface area contributed by atoms with Gasteiger partial charge in [0.2, 0.25) is 0 Å². The zero-order chi connectivity index (χ0) is 8.27. The van der Waals surface area contributed by atoms with Gasteiger partial charge in [0, 0.05) is 18.4 Å². The van der Waals surface area contributed by atoms with Crippen LogP contribution in [0.2, 0.25) is 0 Å². The van der Waals surface area contributed by atoms with Gasteiger partial charge >= 0.3 is 0 Å². The van der Waals surface area contributed by atoms with Crippen LogP contribution in [-0.4, -0.2) is 9.55 Å². The molecule has 0 bridgehead atoms. The first kappa shape index (κ1) is 7.98. The maximum atomic E-state index is 11.1. The predicted molar refractivity (Wildman–Crippen MR) is 43.5 cm³/mol. The minimum Gasteiger partial charge on any atom is -0.310 e. The molecule has 0 aliphatic heterocycles. The highest BCUT2D eigenvalue weighted by Gasteiger charge is 2.01. The molecule has 0 aliphatic rings. The fourth-order valence-corrected chi connectivity index (χ4v) is 0.918. The summed E-state index contributed by atoms with van der Waals surface area (Å²) in [6.45, 7) is 4.07. The average molecular weight is 152 g/mol. The van der Waals surface area contributed by atoms with E-state index in [1.54, 1.807) is 17.0 Å². The summed E-state index contributed by atoms with van der Waals surface area (Å²) in [5.41, 5.74) is -0.0261. The van der Waals surface area contributed by atoms with E-state index >= 15 is 0 Å². The first-order chi connectivity index (χ1) is 5.25. The van der Waals surface area contributed by atoms with Gasteiger partial charge in [-0.05, 0) is 13.3 Å². The molecule has 3 nitrogen and oxygen atoms in total. The summed E-state index contributed by atoms with van der Waals surface area (Å²) in [6.07, 6.45) is 5.65. The van der Waals surface area contributed by atoms with Crippen LogP contribution in [0.4, 0.5) is 0 Å². The zero-order valence-electron chi connectivity index (χ0n) is 6.82. The van der Waals surface area contributed by atoms with Crippen LogP contribution in [0.3, 0.4) is 0 Å². The average Bonchev–Trinajstić information content (AvgIpc) is 2.04. The van der Waals surface area contributed by atoms with E-state index < -0.39 is 0 Å². The van der Waals surface area contributed by atoms with Crippen molar-refractivity contribution < 1.29 is 0 Å². The fraction of sp³-hybridized carbons (Fsp3) is 0.500. The third-order valence-corrected chi connectivity index (χ3v) is 1.82. The molecule has 1 aromatic rings. The van der Waals surface area contributed by atoms with E-state index in [0.717, 1.165) is 6.42 Å². The third-order valence-electron chi connectivity index (χ3n) is 1.82. The lowest BCUT2D eigenvalue weighted by Gasteiger charge is -2.10. The van der Waals surface area contributed by atoms with Crippen LogP contribution < -0.4 is 5.56 Å². The molecule has 0 spiro atoms. The highest BCUT2D eigenvalue weighted by molar-refractivity contribution is 4.82. The number of rotatable bonds is 2. The van der Waals surface area contributed by atoms with Crippen LogP contribution in [0, 0.1) is 0 Å². The Labute approximate surface area is 65.7 Å². The Morgan fingerprint density at radius 1 is 1.73 bits per heavy atom. The first-order valence-corrected chi connectivity index (χ1v) is 3.78. The minimum absolute atomic E-state index is 0.0261. The van der Waals surface area contributed by atoms with Crippen LogP contribution in [0.15, 0.2) is 23.4 Å². The summed E-state index contributed by atoms with van der Waals surface area (Å²) in [4.78, 5) is 14.8. The molecule has 0 saturated heterocycles. The van der Waals surface area contributed by atoms with E-state index in [1.165, 1.54) is 6.20 Å². The van der Waals surface area contributed by atoms with Gasteiger partial charge in [-0.2, -0.15) is 0 Å². The summed E-state index contributed by atoms with van der Waals surface area (Å²) in [5, 5.41) is 0. The monoisotopic (exact) mass is 152 g/mol. The molecule has 60 valence electrons. The normalized spacial score (nSPS) is 12.9. The molecule has 0 radical (unpaired) electrons. The molecule has 11 heavy (non-hydrogen) atoms. The van der Waals surface area contributed by atoms with Crippen molar-refractivity contribution in [2.24, 2.45) is 0 Å². The molecule has 1 aromatic heterocycles. The van der Waals surface area contributed by atoms with E-state index in [1.807, 2.05) is 6.92 Å². The van der Waals surface area contributed by atoms with Crippen molar-refractivity contribution in [1.82, 2.24) is 9.55 Å². The summed E-state index contributed by atoms with van der Waals surface area (Å²) in [5.74, 6) is 0. The summed E-state index contributed by atoms with van der Waals surface area (Å²) in [6, 6.07) is 0.269. The van der Waals surface area contributed by atoms with Crippen molar-refractivity contribution in [2.75, 3.05) is 0 Å². The van der Waals surface area contributed by atoms with E-state index in [2.05, 4.69) is 11.9 Å². The van der Waals surface area contributed by atoms with Crippen molar-refractivity contribution in [3.8, 4) is 0 Å². The molecule has 0 fully saturated rings. The maximum Gasteiger partial charge on any atom is 0.269 e. The molecule has 0 aliphatic carbocycles. The minimum atomic E-state index is -0.0261. The summed E-state index contributed by atoms with van der Waals surface area (Å²) in [7, 11) is 0. The van der Waals surface area contributed by atoms with Crippen LogP contribution in [0.25, 0.3) is 0 Å². The quantitative estimate of drug-likeness (QED) is 0.638. The second kappa shape index (κ2) is 3.32. The fourth-order valence-electron chi connectivity index (χ4n) is 0.918. The molecule has 1 atom stereocenters. The largest absolute Gasteiger partial charge is 0.310 e. The van der Waals surface area contributed by atoms with Crippen LogP contribution in [0.1, 0.15) is 26.3 Å². The molecule has 3 heteroatoms. The number of nitrogens with zero attached hydrogens (tertiary/aromatic N) is 2. The van der Waals surface area contributed by atoms with Crippen molar-refractivity contribution in [3.63, 3.8) is 0 Å². The topological polar surface area (TPSA) is 34.9 Å². The molecular weight excluding hydrogens is 140 g/mol. The zero-order valence-corrected chi connectivity index (χ0v) is 6.82. The SMILES string of the molecule is CCC(C)n1ccncc1=O. The molecular formula is C8H12N2O. The van der Waals surface area contributed by atoms with Crippen molar-refractivity contribution in [1.29, 1.82) is 0 Å². The van der Waals surface area contributed by atoms with Crippen LogP contribution in [-0.2, 0) is 0 Å². The molecule has 0 amide bonds. The second-order valence-electron chi connectivity index (χ2n) is 2.58. The Hall–Kier alpha value is -1.12. The van der Waals surface area contributed by atoms with Gasteiger partial charge < -0.3 is 4.57 Å². The number of hydrogen-bond acceptors (Lipinski definition) is 2. The second-order valence-corrected chi connectivity index (χ2v) is 2.58. The number of aromatic nitrogens is 2. The van der Waals surface area contributed by atoms with Crippen LogP contribution >= 0.6 is 0 Å². The van der Waals surface area contributed by atoms with E-state index in [4.69, 9.17) is 0 Å². The lowest BCUT2D eigenvalue weighted by molar-refractivity contribution is 0.511. The van der Waals surface area contributed by atoms with Crippen LogP contribution in [0.5, 0.6) is 0 Å². The van der Waals surface area contributed by atoms with Crippen molar-refractivity contribution in [3.05, 3.63) is 28.9 Å². The molecule has 1 rings (SSSR count). The van der Waals surface area contributed by atoms with E-state index in [9.17, 15) is 4.79 Å². The van der Waals surface area contributed by atoms with Gasteiger partial charge in [-0.1, -0.05) is 6.92 Å². The highest BCUT2D eigenvalue weighted by Crippen LogP contribution is 2.04. The highest BCUT2D eigenvalue weighted by atomic mass is 16.1. The Balaban J connectivity index is 3.03. The maximum absolute atomic E-state index is 11.1. The van der Waals surface area contributed by atoms with E-state index in [-0.39, 0.29) is 11.6 Å². The standard InChI is InChI=1S/C8H12N2O/c1-3-7(2)10-5-4-9-6-8(10)11/h4-7H,3H2,1-2H3. The Morgan fingerprint density at radius 2 is 2.45 bits per heavy atom. The molecule has 0 N–H and O–H groups in total. The van der Waals surface area contributed by atoms with Gasteiger partial charge in [0.15, 0.2) is 0 Å². The third kappa shape index (κ3) is 1.67. The van der Waals surface area contributed by atoms with Gasteiger partial charge in [-0.15, -0.1) is 0 Å². The Bertz CT molecular complexity index is 279. The van der Waals surface area contributed by atoms with E-state index in [0.29, 0.717) is 0 Å². The number of hydrogen-bond donors (Lipinski definition) is 0. The smallest absolute Gasteiger partial charge is 0.269 e. The van der Waals surface area contributed by atoms with Gasteiger partial charge in [0.1, 0.15) is 0 Å². The molecule has 0 aromatic carbocycles. The summed E-state index contributed by atoms with van der Waals surface area (Å²) < 4.78 is 1.69. The van der Waals surface area contributed by atoms with Gasteiger partial charge in [-0.3, -0.25) is 9.78 Å². The van der Waals surface area contributed by atoms with Crippen molar-refractivity contribution >= 4 is 0 Å². The summed E-state index contributed by atoms with van der Waals surface area (Å²) >= 11 is 0. The predicted octanol–water partition coefficient (Wildman–Crippen LogP) is 1.21. The van der Waals surface area contributed by atoms with Gasteiger partial charge in [-0.25, -0.2) is 0 Å². The Morgan fingerprint density at radius 3 is 3.00 bits per heavy atom. The Kier molecular flexibility index (Phi) is 2.41. The molecule has 1 heterocycles. The lowest BCUT2D eigenvalue weighted by Crippen LogP contribution is -2.21. The van der Waals surface area contributed by atoms with Crippen molar-refractivity contribution in [2.45, 2.75) is 26.3 Å². The lowest BCUT2D eigenvalue weighted by atomic mass is 10.2.